The summed E-state index contributed by atoms with van der Waals surface area (Å²) in [7, 11) is 6.14. The van der Waals surface area contributed by atoms with Crippen LogP contribution in [-0.2, 0) is 33.3 Å². The maximum atomic E-state index is 15.7. The van der Waals surface area contributed by atoms with Crippen molar-refractivity contribution < 1.29 is 74.1 Å². The molecule has 0 aromatic carbocycles. The number of nitrogens with one attached hydrogen (secondary N) is 2. The van der Waals surface area contributed by atoms with Crippen molar-refractivity contribution in [2.45, 2.75) is 142 Å². The number of aliphatic hydroxyl groups is 7. The molecule has 0 radical (unpaired) electrons. The maximum Gasteiger partial charge on any atom is 0.339 e. The summed E-state index contributed by atoms with van der Waals surface area (Å²) in [4.78, 5) is 40.8. The third kappa shape index (κ3) is 10.7. The van der Waals surface area contributed by atoms with E-state index in [0.717, 1.165) is 0 Å². The van der Waals surface area contributed by atoms with Gasteiger partial charge in [0.05, 0.1) is 65.2 Å². The number of aliphatic imine (C=N–C) groups is 2. The molecule has 3 aliphatic carbocycles. The third-order valence-corrected chi connectivity index (χ3v) is 23.1. The van der Waals surface area contributed by atoms with E-state index in [-0.39, 0.29) is 66.9 Å². The van der Waals surface area contributed by atoms with E-state index in [9.17, 15) is 45.6 Å². The Kier molecular flexibility index (Phi) is 17.2. The Hall–Kier alpha value is -3.66. The molecule has 0 unspecified atom stereocenters. The van der Waals surface area contributed by atoms with Crippen LogP contribution < -0.4 is 22.1 Å². The molecule has 428 valence electrons. The molecule has 10 rings (SSSR count). The minimum absolute atomic E-state index is 0.00307. The lowest BCUT2D eigenvalue weighted by molar-refractivity contribution is -0.418. The highest BCUT2D eigenvalue weighted by Crippen LogP contribution is 2.62. The summed E-state index contributed by atoms with van der Waals surface area (Å²) in [5.74, 6) is 1.17. The van der Waals surface area contributed by atoms with Gasteiger partial charge < -0.3 is 91.5 Å². The molecule has 22 nitrogen and oxygen atoms in total. The first-order valence-corrected chi connectivity index (χ1v) is 31.3. The Labute approximate surface area is 468 Å². The molecular formula is C52H71N7O15S4. The Balaban J connectivity index is 1.31. The number of aliphatic hydroxyl groups excluding tert-OH is 5. The summed E-state index contributed by atoms with van der Waals surface area (Å²) >= 11 is 0. The number of guanidine groups is 2. The van der Waals surface area contributed by atoms with E-state index in [1.165, 1.54) is 44.8 Å². The second-order valence-electron chi connectivity index (χ2n) is 22.2. The van der Waals surface area contributed by atoms with E-state index in [0.29, 0.717) is 74.0 Å². The van der Waals surface area contributed by atoms with Crippen molar-refractivity contribution in [3.8, 4) is 11.8 Å². The van der Waals surface area contributed by atoms with Crippen LogP contribution in [0.5, 0.6) is 0 Å². The van der Waals surface area contributed by atoms with Gasteiger partial charge in [0, 0.05) is 67.0 Å². The van der Waals surface area contributed by atoms with Gasteiger partial charge in [0.2, 0.25) is 12.1 Å². The number of nitrogens with zero attached hydrogens (tertiary/aromatic N) is 3. The van der Waals surface area contributed by atoms with Gasteiger partial charge in [-0.2, -0.15) is 0 Å². The molecular weight excluding hydrogens is 1090 g/mol. The fourth-order valence-corrected chi connectivity index (χ4v) is 20.5. The van der Waals surface area contributed by atoms with Crippen LogP contribution in [0.2, 0.25) is 0 Å². The molecule has 0 aromatic rings. The van der Waals surface area contributed by atoms with Crippen LogP contribution in [0.4, 0.5) is 0 Å². The van der Waals surface area contributed by atoms with Crippen LogP contribution >= 0.6 is 43.2 Å². The molecule has 78 heavy (non-hydrogen) atoms. The van der Waals surface area contributed by atoms with Crippen molar-refractivity contribution in [1.82, 2.24) is 15.5 Å². The molecule has 26 heteroatoms. The van der Waals surface area contributed by atoms with Crippen molar-refractivity contribution >= 4 is 67.0 Å². The van der Waals surface area contributed by atoms with Crippen LogP contribution in [0, 0.1) is 40.9 Å². The number of ether oxygens (including phenoxy) is 5. The molecule has 16 atom stereocenters. The zero-order valence-corrected chi connectivity index (χ0v) is 46.6. The number of esters is 1. The number of hydrogen-bond donors (Lipinski definition) is 12. The molecule has 2 saturated carbocycles. The van der Waals surface area contributed by atoms with Gasteiger partial charge in [0.25, 0.3) is 0 Å². The third-order valence-electron chi connectivity index (χ3n) is 17.0. The first-order chi connectivity index (χ1) is 37.4. The average molecular weight is 1160 g/mol. The Morgan fingerprint density at radius 3 is 2.68 bits per heavy atom. The number of rotatable bonds is 12. The number of carboxylic acid groups (broad SMARTS) is 1. The topological polar surface area (TPSA) is 346 Å². The first kappa shape index (κ1) is 57.6. The van der Waals surface area contributed by atoms with Crippen molar-refractivity contribution in [2.24, 2.45) is 50.5 Å². The van der Waals surface area contributed by atoms with Gasteiger partial charge in [-0.15, -0.1) is 0 Å². The van der Waals surface area contributed by atoms with Crippen LogP contribution in [0.25, 0.3) is 0 Å². The number of carbonyl (C=O) groups is 2. The number of carboxylic acids is 1. The van der Waals surface area contributed by atoms with E-state index in [1.54, 1.807) is 30.7 Å². The lowest BCUT2D eigenvalue weighted by Gasteiger charge is -2.53. The van der Waals surface area contributed by atoms with Crippen molar-refractivity contribution in [3.05, 3.63) is 58.7 Å². The molecule has 0 amide bonds. The number of allylic oxidation sites excluding steroid dienone is 1. The van der Waals surface area contributed by atoms with Crippen LogP contribution in [0.15, 0.2) is 68.7 Å². The summed E-state index contributed by atoms with van der Waals surface area (Å²) in [6.45, 7) is 1.90. The summed E-state index contributed by atoms with van der Waals surface area (Å²) < 4.78 is 31.9. The minimum atomic E-state index is -3.03. The standard InChI is InChI=1S/C52H71N7O15S4/c1-26(2)71-41-45(73-37(23-63)40(64)52(41,68)69)74-46-51-9-3-14-75-78-50(18-31-17-49(58-48(54)56-31)10-8-30(51)16-49)11-7-27-15-29-19-59(20-32(43(65)66)39(29)57-47(53)55-12-4-13-60)35(22-62)42(50)77-76-25-34-28(21-61)5-6-36(34)72-44(67)33(24-70-46)38(27)51/h3,9,15,20,24,26,28,30-31,34-38,40-42,45-46,60-64,68-69H,4-6,8,10,12-14,16-19,21-23,25H2,1-2H3,(H,65,66)(H3,53,55,57)(H3,54,56,58)/b9-3+,27-15?/t28-,30+,31+,34+,35+,36-,37+,38+,40+,41-,42-,45-,46-,49+,50+,51-/m0/s1. The molecule has 0 aromatic heterocycles. The second-order valence-corrected chi connectivity index (χ2v) is 27.4. The van der Waals surface area contributed by atoms with Crippen molar-refractivity contribution in [1.29, 1.82) is 0 Å². The van der Waals surface area contributed by atoms with Crippen molar-refractivity contribution in [2.75, 3.05) is 51.0 Å². The Morgan fingerprint density at radius 2 is 1.94 bits per heavy atom. The summed E-state index contributed by atoms with van der Waals surface area (Å²) in [5, 5.41) is 94.8. The van der Waals surface area contributed by atoms with E-state index in [1.807, 2.05) is 17.1 Å². The number of fused-ring (bicyclic) bond motifs is 5. The lowest BCUT2D eigenvalue weighted by Crippen LogP contribution is -2.69. The van der Waals surface area contributed by atoms with Gasteiger partial charge in [-0.25, -0.2) is 14.6 Å². The van der Waals surface area contributed by atoms with E-state index >= 15 is 4.79 Å². The highest BCUT2D eigenvalue weighted by molar-refractivity contribution is 8.79. The molecule has 14 N–H and O–H groups in total. The van der Waals surface area contributed by atoms with Crippen LogP contribution in [0.3, 0.4) is 0 Å². The van der Waals surface area contributed by atoms with Gasteiger partial charge in [-0.1, -0.05) is 67.2 Å². The Morgan fingerprint density at radius 1 is 1.12 bits per heavy atom. The second kappa shape index (κ2) is 23.3. The summed E-state index contributed by atoms with van der Waals surface area (Å²) in [6.07, 6.45) is 2.26. The average Bonchev–Trinajstić information content (AvgIpc) is 3.66. The maximum absolute atomic E-state index is 15.7. The van der Waals surface area contributed by atoms with Crippen molar-refractivity contribution in [3.63, 3.8) is 0 Å². The largest absolute Gasteiger partial charge is 0.478 e. The Bertz CT molecular complexity index is 2610. The van der Waals surface area contributed by atoms with Crippen LogP contribution in [-0.4, -0.2) is 197 Å². The highest BCUT2D eigenvalue weighted by Gasteiger charge is 2.65. The van der Waals surface area contributed by atoms with Gasteiger partial charge in [0.15, 0.2) is 24.3 Å². The predicted molar refractivity (Wildman–Crippen MR) is 293 cm³/mol. The monoisotopic (exact) mass is 1160 g/mol. The predicted octanol–water partition coefficient (Wildman–Crippen LogP) is 0.531. The number of nitrogens with two attached hydrogens (primary N) is 2. The van der Waals surface area contributed by atoms with Gasteiger partial charge in [-0.3, -0.25) is 4.99 Å². The first-order valence-electron chi connectivity index (χ1n) is 26.6. The SMILES string of the molecule is CC(C)O[C@H]1[C@H](O[C@@H]2OC=C3C(=O)O[C@H]4CC[C@@H](CO)[C@H]4CSS[C@H]4[C@@H](CO)N5C=C(C(=O)O)C(NC(N)=NCCCO)=C(C=C6C#C[C@@]47C[C@H]4C[C@]8(CC[C@H](C8)[C@@]2(/C=C/CSS7)[C@H]63)NC(N)=N4)C5)O[C@H](CO)[C@@H](O)C1(O)O. The quantitative estimate of drug-likeness (QED) is 0.0185. The van der Waals surface area contributed by atoms with Gasteiger partial charge >= 0.3 is 11.9 Å². The minimum Gasteiger partial charge on any atom is -0.478 e. The molecule has 7 heterocycles. The number of carbonyl (C=O) groups excluding carboxylic acids is 1. The zero-order valence-electron chi connectivity index (χ0n) is 43.3. The van der Waals surface area contributed by atoms with Gasteiger partial charge in [-0.05, 0) is 88.7 Å². The molecule has 10 aliphatic rings. The summed E-state index contributed by atoms with van der Waals surface area (Å²) in [5.41, 5.74) is 11.8. The molecule has 1 saturated heterocycles. The lowest BCUT2D eigenvalue weighted by atomic mass is 9.58. The van der Waals surface area contributed by atoms with E-state index in [4.69, 9.17) is 40.1 Å². The molecule has 1 spiro atoms. The van der Waals surface area contributed by atoms with E-state index < -0.39 is 119 Å². The fraction of sp³-hybridized carbons (Fsp3) is 0.692. The fourth-order valence-electron chi connectivity index (χ4n) is 13.5. The normalized spacial score (nSPS) is 40.4. The molecule has 3 fully saturated rings. The summed E-state index contributed by atoms with van der Waals surface area (Å²) in [6, 6.07) is -1.19. The highest BCUT2D eigenvalue weighted by atomic mass is 33.1. The van der Waals surface area contributed by atoms with E-state index in [2.05, 4.69) is 27.5 Å². The smallest absolute Gasteiger partial charge is 0.339 e. The van der Waals surface area contributed by atoms with Crippen LogP contribution in [0.1, 0.15) is 65.2 Å². The van der Waals surface area contributed by atoms with Gasteiger partial charge in [0.1, 0.15) is 23.1 Å². The molecule has 10 bridgehead atoms. The zero-order chi connectivity index (χ0) is 55.3. The number of aliphatic carboxylic acids is 1. The number of hydrogen-bond acceptors (Lipinski definition) is 23. The molecule has 7 aliphatic heterocycles.